The zero-order valence-corrected chi connectivity index (χ0v) is 14.8. The van der Waals surface area contributed by atoms with Gasteiger partial charge in [0.2, 0.25) is 0 Å². The summed E-state index contributed by atoms with van der Waals surface area (Å²) in [5.41, 5.74) is 2.37. The van der Waals surface area contributed by atoms with Crippen molar-refractivity contribution in [2.45, 2.75) is 65.8 Å². The van der Waals surface area contributed by atoms with Gasteiger partial charge in [0.15, 0.2) is 0 Å². The molecule has 4 nitrogen and oxygen atoms in total. The zero-order valence-electron chi connectivity index (χ0n) is 13.2. The van der Waals surface area contributed by atoms with Gasteiger partial charge in [-0.3, -0.25) is 9.58 Å². The fourth-order valence-electron chi connectivity index (χ4n) is 3.09. The monoisotopic (exact) mass is 343 g/mol. The van der Waals surface area contributed by atoms with E-state index in [1.54, 1.807) is 0 Å². The SMILES string of the molecule is CCc1nn(CC)c(CN2CC(C)OC(C)(C)C2)c1Br. The summed E-state index contributed by atoms with van der Waals surface area (Å²) in [5.74, 6) is 0. The molecular formula is C15H26BrN3O. The molecule has 1 aliphatic rings. The van der Waals surface area contributed by atoms with E-state index in [1.165, 1.54) is 10.2 Å². The highest BCUT2D eigenvalue weighted by molar-refractivity contribution is 9.10. The molecule has 0 bridgehead atoms. The molecule has 1 aromatic heterocycles. The summed E-state index contributed by atoms with van der Waals surface area (Å²) >= 11 is 3.73. The van der Waals surface area contributed by atoms with Crippen molar-refractivity contribution in [3.05, 3.63) is 15.9 Å². The van der Waals surface area contributed by atoms with Gasteiger partial charge < -0.3 is 4.74 Å². The van der Waals surface area contributed by atoms with Gasteiger partial charge >= 0.3 is 0 Å². The molecule has 1 unspecified atom stereocenters. The van der Waals surface area contributed by atoms with Crippen molar-refractivity contribution in [1.29, 1.82) is 0 Å². The van der Waals surface area contributed by atoms with E-state index in [0.29, 0.717) is 0 Å². The maximum absolute atomic E-state index is 5.98. The normalized spacial score (nSPS) is 23.2. The Morgan fingerprint density at radius 2 is 2.10 bits per heavy atom. The third-order valence-electron chi connectivity index (χ3n) is 3.71. The topological polar surface area (TPSA) is 30.3 Å². The van der Waals surface area contributed by atoms with Crippen molar-refractivity contribution in [3.8, 4) is 0 Å². The smallest absolute Gasteiger partial charge is 0.0767 e. The minimum absolute atomic E-state index is 0.0746. The van der Waals surface area contributed by atoms with Gasteiger partial charge in [0.05, 0.1) is 27.6 Å². The summed E-state index contributed by atoms with van der Waals surface area (Å²) in [6.07, 6.45) is 1.24. The van der Waals surface area contributed by atoms with Gasteiger partial charge in [-0.1, -0.05) is 6.92 Å². The van der Waals surface area contributed by atoms with Crippen LogP contribution in [0.2, 0.25) is 0 Å². The maximum Gasteiger partial charge on any atom is 0.0767 e. The van der Waals surface area contributed by atoms with Crippen molar-refractivity contribution in [2.24, 2.45) is 0 Å². The van der Waals surface area contributed by atoms with E-state index in [4.69, 9.17) is 4.74 Å². The second-order valence-corrected chi connectivity index (χ2v) is 7.03. The van der Waals surface area contributed by atoms with Crippen LogP contribution in [0.3, 0.4) is 0 Å². The highest BCUT2D eigenvalue weighted by atomic mass is 79.9. The zero-order chi connectivity index (χ0) is 14.9. The molecule has 0 aliphatic carbocycles. The first kappa shape index (κ1) is 16.0. The Morgan fingerprint density at radius 3 is 2.65 bits per heavy atom. The fourth-order valence-corrected chi connectivity index (χ4v) is 3.78. The molecule has 0 saturated carbocycles. The number of aromatic nitrogens is 2. The molecule has 1 aromatic rings. The van der Waals surface area contributed by atoms with E-state index in [-0.39, 0.29) is 11.7 Å². The number of ether oxygens (including phenoxy) is 1. The van der Waals surface area contributed by atoms with Crippen LogP contribution in [0.1, 0.15) is 46.0 Å². The van der Waals surface area contributed by atoms with Crippen LogP contribution in [0.5, 0.6) is 0 Å². The van der Waals surface area contributed by atoms with E-state index in [0.717, 1.165) is 38.3 Å². The molecular weight excluding hydrogens is 318 g/mol. The van der Waals surface area contributed by atoms with Crippen LogP contribution < -0.4 is 0 Å². The second kappa shape index (κ2) is 6.16. The van der Waals surface area contributed by atoms with Crippen molar-refractivity contribution >= 4 is 15.9 Å². The lowest BCUT2D eigenvalue weighted by molar-refractivity contribution is -0.131. The standard InChI is InChI=1S/C15H26BrN3O/c1-6-12-14(16)13(19(7-2)17-12)9-18-8-11(3)20-15(4,5)10-18/h11H,6-10H2,1-5H3. The summed E-state index contributed by atoms with van der Waals surface area (Å²) in [6, 6.07) is 0. The average Bonchev–Trinajstić information content (AvgIpc) is 2.63. The molecule has 0 spiro atoms. The molecule has 0 aromatic carbocycles. The summed E-state index contributed by atoms with van der Waals surface area (Å²) in [6.45, 7) is 14.6. The van der Waals surface area contributed by atoms with Gasteiger partial charge in [0, 0.05) is 26.2 Å². The van der Waals surface area contributed by atoms with Crippen LogP contribution >= 0.6 is 15.9 Å². The molecule has 2 rings (SSSR count). The summed E-state index contributed by atoms with van der Waals surface area (Å²) in [5, 5.41) is 4.68. The first-order chi connectivity index (χ1) is 9.36. The van der Waals surface area contributed by atoms with Crippen LogP contribution in [0.25, 0.3) is 0 Å². The molecule has 1 atom stereocenters. The van der Waals surface area contributed by atoms with Crippen molar-refractivity contribution in [1.82, 2.24) is 14.7 Å². The molecule has 0 amide bonds. The minimum Gasteiger partial charge on any atom is -0.370 e. The molecule has 1 saturated heterocycles. The summed E-state index contributed by atoms with van der Waals surface area (Å²) in [7, 11) is 0. The molecule has 0 radical (unpaired) electrons. The number of morpholine rings is 1. The Hall–Kier alpha value is -0.390. The first-order valence-corrected chi connectivity index (χ1v) is 8.29. The summed E-state index contributed by atoms with van der Waals surface area (Å²) in [4.78, 5) is 2.47. The van der Waals surface area contributed by atoms with Gasteiger partial charge in [-0.25, -0.2) is 0 Å². The molecule has 0 N–H and O–H groups in total. The quantitative estimate of drug-likeness (QED) is 0.840. The predicted molar refractivity (Wildman–Crippen MR) is 84.9 cm³/mol. The number of nitrogens with zero attached hydrogens (tertiary/aromatic N) is 3. The van der Waals surface area contributed by atoms with Gasteiger partial charge in [0.25, 0.3) is 0 Å². The number of hydrogen-bond acceptors (Lipinski definition) is 3. The Bertz CT molecular complexity index is 470. The maximum atomic E-state index is 5.98. The van der Waals surface area contributed by atoms with Crippen molar-refractivity contribution < 1.29 is 4.74 Å². The fraction of sp³-hybridized carbons (Fsp3) is 0.800. The Kier molecular flexibility index (Phi) is 4.92. The second-order valence-electron chi connectivity index (χ2n) is 6.23. The summed E-state index contributed by atoms with van der Waals surface area (Å²) < 4.78 is 9.28. The molecule has 114 valence electrons. The first-order valence-electron chi connectivity index (χ1n) is 7.50. The van der Waals surface area contributed by atoms with E-state index < -0.39 is 0 Å². The Morgan fingerprint density at radius 1 is 1.40 bits per heavy atom. The lowest BCUT2D eigenvalue weighted by Crippen LogP contribution is -2.51. The van der Waals surface area contributed by atoms with Gasteiger partial charge in [-0.05, 0) is 50.0 Å². The Balaban J connectivity index is 2.19. The molecule has 5 heteroatoms. The average molecular weight is 344 g/mol. The number of rotatable bonds is 4. The third-order valence-corrected chi connectivity index (χ3v) is 4.62. The lowest BCUT2D eigenvalue weighted by Gasteiger charge is -2.41. The van der Waals surface area contributed by atoms with Crippen LogP contribution in [-0.2, 0) is 24.2 Å². The van der Waals surface area contributed by atoms with Crippen LogP contribution in [-0.4, -0.2) is 39.5 Å². The van der Waals surface area contributed by atoms with Crippen LogP contribution in [0.15, 0.2) is 4.47 Å². The van der Waals surface area contributed by atoms with E-state index in [9.17, 15) is 0 Å². The lowest BCUT2D eigenvalue weighted by atomic mass is 10.1. The number of halogens is 1. The molecule has 1 fully saturated rings. The number of aryl methyl sites for hydroxylation is 2. The van der Waals surface area contributed by atoms with Gasteiger partial charge in [-0.2, -0.15) is 5.10 Å². The predicted octanol–water partition coefficient (Wildman–Crippen LogP) is 3.23. The minimum atomic E-state index is -0.0746. The van der Waals surface area contributed by atoms with Gasteiger partial charge in [-0.15, -0.1) is 0 Å². The van der Waals surface area contributed by atoms with Gasteiger partial charge in [0.1, 0.15) is 0 Å². The van der Waals surface area contributed by atoms with E-state index >= 15 is 0 Å². The highest BCUT2D eigenvalue weighted by Crippen LogP contribution is 2.27. The highest BCUT2D eigenvalue weighted by Gasteiger charge is 2.32. The van der Waals surface area contributed by atoms with E-state index in [1.807, 2.05) is 0 Å². The van der Waals surface area contributed by atoms with Crippen molar-refractivity contribution in [2.75, 3.05) is 13.1 Å². The van der Waals surface area contributed by atoms with E-state index in [2.05, 4.69) is 65.2 Å². The van der Waals surface area contributed by atoms with Crippen LogP contribution in [0.4, 0.5) is 0 Å². The largest absolute Gasteiger partial charge is 0.370 e. The van der Waals surface area contributed by atoms with Crippen molar-refractivity contribution in [3.63, 3.8) is 0 Å². The molecule has 1 aliphatic heterocycles. The third kappa shape index (κ3) is 3.43. The number of hydrogen-bond donors (Lipinski definition) is 0. The molecule has 2 heterocycles. The Labute approximate surface area is 130 Å². The molecule has 20 heavy (non-hydrogen) atoms. The van der Waals surface area contributed by atoms with Crippen LogP contribution in [0, 0.1) is 0 Å².